The Labute approximate surface area is 129 Å². The summed E-state index contributed by atoms with van der Waals surface area (Å²) in [7, 11) is 0. The van der Waals surface area contributed by atoms with Gasteiger partial charge in [0.05, 0.1) is 5.75 Å². The van der Waals surface area contributed by atoms with Gasteiger partial charge in [0.1, 0.15) is 0 Å². The molecule has 1 aromatic heterocycles. The Kier molecular flexibility index (Phi) is 5.12. The number of aromatic nitrogens is 4. The minimum atomic E-state index is 0.0993. The van der Waals surface area contributed by atoms with Crippen molar-refractivity contribution in [3.63, 3.8) is 0 Å². The molecule has 0 unspecified atom stereocenters. The van der Waals surface area contributed by atoms with Crippen molar-refractivity contribution in [2.75, 3.05) is 5.75 Å². The summed E-state index contributed by atoms with van der Waals surface area (Å²) in [4.78, 5) is 12.2. The first-order valence-corrected chi connectivity index (χ1v) is 7.95. The SMILES string of the molecule is Cc1ccc(C(=O)CSc2nnnn2CC(C)C)cc1C. The van der Waals surface area contributed by atoms with Gasteiger partial charge in [-0.3, -0.25) is 4.79 Å². The minimum absolute atomic E-state index is 0.0993. The van der Waals surface area contributed by atoms with E-state index < -0.39 is 0 Å². The lowest BCUT2D eigenvalue weighted by atomic mass is 10.0. The van der Waals surface area contributed by atoms with E-state index in [1.807, 2.05) is 32.0 Å². The molecule has 0 radical (unpaired) electrons. The molecule has 0 atom stereocenters. The smallest absolute Gasteiger partial charge is 0.209 e. The lowest BCUT2D eigenvalue weighted by molar-refractivity contribution is 0.102. The van der Waals surface area contributed by atoms with Gasteiger partial charge < -0.3 is 0 Å². The van der Waals surface area contributed by atoms with Gasteiger partial charge in [-0.15, -0.1) is 5.10 Å². The van der Waals surface area contributed by atoms with E-state index in [9.17, 15) is 4.79 Å². The fourth-order valence-electron chi connectivity index (χ4n) is 1.89. The van der Waals surface area contributed by atoms with Crippen molar-refractivity contribution in [1.29, 1.82) is 0 Å². The van der Waals surface area contributed by atoms with Crippen molar-refractivity contribution in [2.24, 2.45) is 5.92 Å². The van der Waals surface area contributed by atoms with E-state index in [0.29, 0.717) is 16.8 Å². The van der Waals surface area contributed by atoms with E-state index in [0.717, 1.165) is 17.7 Å². The van der Waals surface area contributed by atoms with Gasteiger partial charge in [-0.25, -0.2) is 4.68 Å². The first-order valence-electron chi connectivity index (χ1n) is 6.96. The highest BCUT2D eigenvalue weighted by atomic mass is 32.2. The van der Waals surface area contributed by atoms with Crippen LogP contribution >= 0.6 is 11.8 Å². The molecule has 6 heteroatoms. The monoisotopic (exact) mass is 304 g/mol. The molecule has 21 heavy (non-hydrogen) atoms. The number of hydrogen-bond donors (Lipinski definition) is 0. The van der Waals surface area contributed by atoms with Crippen molar-refractivity contribution >= 4 is 17.5 Å². The van der Waals surface area contributed by atoms with Crippen LogP contribution in [-0.4, -0.2) is 31.7 Å². The molecule has 0 amide bonds. The molecule has 112 valence electrons. The Morgan fingerprint density at radius 1 is 1.29 bits per heavy atom. The fourth-order valence-corrected chi connectivity index (χ4v) is 2.67. The number of carbonyl (C=O) groups excluding carboxylic acids is 1. The van der Waals surface area contributed by atoms with Crippen molar-refractivity contribution in [1.82, 2.24) is 20.2 Å². The van der Waals surface area contributed by atoms with Crippen molar-refractivity contribution in [3.05, 3.63) is 34.9 Å². The lowest BCUT2D eigenvalue weighted by Gasteiger charge is -2.07. The van der Waals surface area contributed by atoms with Crippen molar-refractivity contribution < 1.29 is 4.79 Å². The van der Waals surface area contributed by atoms with Gasteiger partial charge >= 0.3 is 0 Å². The Morgan fingerprint density at radius 2 is 2.05 bits per heavy atom. The third-order valence-corrected chi connectivity index (χ3v) is 4.16. The maximum absolute atomic E-state index is 12.2. The third-order valence-electron chi connectivity index (χ3n) is 3.20. The van der Waals surface area contributed by atoms with E-state index in [2.05, 4.69) is 29.4 Å². The normalized spacial score (nSPS) is 11.1. The van der Waals surface area contributed by atoms with Crippen LogP contribution in [0, 0.1) is 19.8 Å². The molecular weight excluding hydrogens is 284 g/mol. The molecule has 1 aromatic carbocycles. The fraction of sp³-hybridized carbons (Fsp3) is 0.467. The average Bonchev–Trinajstić information content (AvgIpc) is 2.85. The number of rotatable bonds is 6. The molecule has 0 spiro atoms. The number of carbonyl (C=O) groups is 1. The quantitative estimate of drug-likeness (QED) is 0.606. The second-order valence-electron chi connectivity index (χ2n) is 5.55. The third kappa shape index (κ3) is 4.14. The second-order valence-corrected chi connectivity index (χ2v) is 6.49. The number of thioether (sulfide) groups is 1. The number of nitrogens with zero attached hydrogens (tertiary/aromatic N) is 4. The largest absolute Gasteiger partial charge is 0.293 e. The molecule has 0 aliphatic rings. The number of hydrogen-bond acceptors (Lipinski definition) is 5. The predicted octanol–water partition coefficient (Wildman–Crippen LogP) is 2.92. The summed E-state index contributed by atoms with van der Waals surface area (Å²) in [5, 5.41) is 12.3. The molecule has 0 fully saturated rings. The predicted molar refractivity (Wildman–Crippen MR) is 83.6 cm³/mol. The zero-order valence-electron chi connectivity index (χ0n) is 12.8. The Morgan fingerprint density at radius 3 is 2.71 bits per heavy atom. The van der Waals surface area contributed by atoms with Gasteiger partial charge in [-0.2, -0.15) is 0 Å². The van der Waals surface area contributed by atoms with Crippen LogP contribution in [0.2, 0.25) is 0 Å². The van der Waals surface area contributed by atoms with Crippen LogP contribution < -0.4 is 0 Å². The highest BCUT2D eigenvalue weighted by molar-refractivity contribution is 7.99. The maximum atomic E-state index is 12.2. The zero-order chi connectivity index (χ0) is 15.4. The standard InChI is InChI=1S/C15H20N4OS/c1-10(2)8-19-15(16-17-18-19)21-9-14(20)13-6-5-11(3)12(4)7-13/h5-7,10H,8-9H2,1-4H3. The number of tetrazole rings is 1. The van der Waals surface area contributed by atoms with E-state index in [4.69, 9.17) is 0 Å². The molecule has 2 rings (SSSR count). The highest BCUT2D eigenvalue weighted by Gasteiger charge is 2.12. The molecule has 0 aliphatic carbocycles. The van der Waals surface area contributed by atoms with Gasteiger partial charge in [0, 0.05) is 12.1 Å². The van der Waals surface area contributed by atoms with E-state index in [1.54, 1.807) is 4.68 Å². The molecule has 1 heterocycles. The summed E-state index contributed by atoms with van der Waals surface area (Å²) in [6, 6.07) is 5.80. The van der Waals surface area contributed by atoms with Crippen LogP contribution in [0.3, 0.4) is 0 Å². The van der Waals surface area contributed by atoms with Gasteiger partial charge in [-0.05, 0) is 47.4 Å². The molecular formula is C15H20N4OS. The summed E-state index contributed by atoms with van der Waals surface area (Å²) in [5.74, 6) is 0.909. The van der Waals surface area contributed by atoms with Crippen LogP contribution in [-0.2, 0) is 6.54 Å². The van der Waals surface area contributed by atoms with Crippen LogP contribution in [0.15, 0.2) is 23.4 Å². The summed E-state index contributed by atoms with van der Waals surface area (Å²) in [6.07, 6.45) is 0. The summed E-state index contributed by atoms with van der Waals surface area (Å²) in [6.45, 7) is 9.03. The van der Waals surface area contributed by atoms with E-state index >= 15 is 0 Å². The van der Waals surface area contributed by atoms with Gasteiger partial charge in [0.15, 0.2) is 5.78 Å². The van der Waals surface area contributed by atoms with Gasteiger partial charge in [0.2, 0.25) is 5.16 Å². The summed E-state index contributed by atoms with van der Waals surface area (Å²) < 4.78 is 1.75. The zero-order valence-corrected chi connectivity index (χ0v) is 13.6. The molecule has 0 saturated carbocycles. The molecule has 5 nitrogen and oxygen atoms in total. The molecule has 0 aliphatic heterocycles. The van der Waals surface area contributed by atoms with Crippen LogP contribution in [0.5, 0.6) is 0 Å². The molecule has 0 bridgehead atoms. The average molecular weight is 304 g/mol. The van der Waals surface area contributed by atoms with Crippen molar-refractivity contribution in [2.45, 2.75) is 39.4 Å². The van der Waals surface area contributed by atoms with Crippen LogP contribution in [0.25, 0.3) is 0 Å². The number of aryl methyl sites for hydroxylation is 2. The lowest BCUT2D eigenvalue weighted by Crippen LogP contribution is -2.09. The molecule has 2 aromatic rings. The highest BCUT2D eigenvalue weighted by Crippen LogP contribution is 2.18. The minimum Gasteiger partial charge on any atom is -0.293 e. The Bertz CT molecular complexity index is 636. The van der Waals surface area contributed by atoms with E-state index in [-0.39, 0.29) is 5.78 Å². The summed E-state index contributed by atoms with van der Waals surface area (Å²) >= 11 is 1.39. The Balaban J connectivity index is 2.01. The molecule has 0 N–H and O–H groups in total. The number of Topliss-reactive ketones (excluding diaryl/α,β-unsaturated/α-hetero) is 1. The Hall–Kier alpha value is -1.69. The second kappa shape index (κ2) is 6.85. The number of benzene rings is 1. The van der Waals surface area contributed by atoms with Crippen LogP contribution in [0.4, 0.5) is 0 Å². The van der Waals surface area contributed by atoms with Crippen LogP contribution in [0.1, 0.15) is 35.3 Å². The van der Waals surface area contributed by atoms with E-state index in [1.165, 1.54) is 17.3 Å². The first-order chi connectivity index (χ1) is 9.97. The number of ketones is 1. The maximum Gasteiger partial charge on any atom is 0.209 e. The van der Waals surface area contributed by atoms with Gasteiger partial charge in [-0.1, -0.05) is 37.7 Å². The first kappa shape index (κ1) is 15.7. The van der Waals surface area contributed by atoms with Gasteiger partial charge in [0.25, 0.3) is 0 Å². The topological polar surface area (TPSA) is 60.7 Å². The molecule has 0 saturated heterocycles. The van der Waals surface area contributed by atoms with Crippen molar-refractivity contribution in [3.8, 4) is 0 Å². The summed E-state index contributed by atoms with van der Waals surface area (Å²) in [5.41, 5.74) is 3.07.